The van der Waals surface area contributed by atoms with Gasteiger partial charge >= 0.3 is 0 Å². The maximum absolute atomic E-state index is 2.58. The van der Waals surface area contributed by atoms with Crippen LogP contribution in [-0.4, -0.2) is 0 Å². The van der Waals surface area contributed by atoms with Gasteiger partial charge in [-0.15, -0.1) is 11.3 Å². The first-order valence-corrected chi connectivity index (χ1v) is 22.6. The van der Waals surface area contributed by atoms with Crippen molar-refractivity contribution in [2.24, 2.45) is 0 Å². The van der Waals surface area contributed by atoms with Gasteiger partial charge in [0.25, 0.3) is 0 Å². The Morgan fingerprint density at radius 3 is 1.44 bits per heavy atom. The molecule has 0 unspecified atom stereocenters. The molecule has 62 heavy (non-hydrogen) atoms. The monoisotopic (exact) mass is 811 g/mol. The van der Waals surface area contributed by atoms with E-state index in [0.29, 0.717) is 0 Å². The first kappa shape index (κ1) is 36.8. The van der Waals surface area contributed by atoms with E-state index in [-0.39, 0.29) is 10.8 Å². The maximum Gasteiger partial charge on any atom is 0.0540 e. The quantitative estimate of drug-likeness (QED) is 0.162. The molecule has 0 fully saturated rings. The van der Waals surface area contributed by atoms with Crippen LogP contribution in [0, 0.1) is 0 Å². The summed E-state index contributed by atoms with van der Waals surface area (Å²) in [6, 6.07) is 74.8. The van der Waals surface area contributed by atoms with Gasteiger partial charge in [-0.25, -0.2) is 0 Å². The average molecular weight is 812 g/mol. The van der Waals surface area contributed by atoms with Gasteiger partial charge in [0.2, 0.25) is 0 Å². The van der Waals surface area contributed by atoms with Gasteiger partial charge < -0.3 is 4.90 Å². The van der Waals surface area contributed by atoms with Crippen LogP contribution in [0.1, 0.15) is 49.9 Å². The van der Waals surface area contributed by atoms with E-state index in [1.807, 2.05) is 11.3 Å². The number of benzene rings is 9. The molecule has 0 saturated carbocycles. The number of fused-ring (bicyclic) bond motifs is 9. The van der Waals surface area contributed by atoms with Crippen LogP contribution in [0.4, 0.5) is 17.1 Å². The molecular formula is C60H45NS. The molecule has 0 aliphatic heterocycles. The van der Waals surface area contributed by atoms with Gasteiger partial charge in [0, 0.05) is 47.7 Å². The van der Waals surface area contributed by atoms with Gasteiger partial charge in [-0.05, 0) is 91.5 Å². The Kier molecular flexibility index (Phi) is 8.17. The van der Waals surface area contributed by atoms with Crippen LogP contribution >= 0.6 is 11.3 Å². The molecule has 1 nitrogen and oxygen atoms in total. The Balaban J connectivity index is 1.17. The summed E-state index contributed by atoms with van der Waals surface area (Å²) in [5.74, 6) is 0. The smallest absolute Gasteiger partial charge is 0.0540 e. The van der Waals surface area contributed by atoms with Crippen LogP contribution in [0.25, 0.3) is 75.8 Å². The summed E-state index contributed by atoms with van der Waals surface area (Å²) >= 11 is 1.87. The molecule has 9 aromatic carbocycles. The fraction of sp³-hybridized carbons (Fsp3) is 0.100. The molecule has 296 valence electrons. The summed E-state index contributed by atoms with van der Waals surface area (Å²) in [7, 11) is 0. The van der Waals surface area contributed by atoms with Crippen molar-refractivity contribution >= 4 is 48.6 Å². The third-order valence-electron chi connectivity index (χ3n) is 13.9. The lowest BCUT2D eigenvalue weighted by atomic mass is 9.78. The number of thiophene rings is 1. The summed E-state index contributed by atoms with van der Waals surface area (Å²) in [4.78, 5) is 2.58. The first-order chi connectivity index (χ1) is 30.3. The Bertz CT molecular complexity index is 3430. The van der Waals surface area contributed by atoms with Crippen molar-refractivity contribution in [1.82, 2.24) is 0 Å². The molecular weight excluding hydrogens is 767 g/mol. The number of anilines is 3. The zero-order valence-corrected chi connectivity index (χ0v) is 36.2. The van der Waals surface area contributed by atoms with E-state index >= 15 is 0 Å². The summed E-state index contributed by atoms with van der Waals surface area (Å²) < 4.78 is 2.61. The van der Waals surface area contributed by atoms with E-state index in [4.69, 9.17) is 0 Å². The normalized spacial score (nSPS) is 14.1. The van der Waals surface area contributed by atoms with Crippen molar-refractivity contribution in [3.8, 4) is 55.6 Å². The van der Waals surface area contributed by atoms with Gasteiger partial charge in [-0.3, -0.25) is 0 Å². The van der Waals surface area contributed by atoms with Gasteiger partial charge in [-0.2, -0.15) is 0 Å². The lowest BCUT2D eigenvalue weighted by molar-refractivity contribution is 0.660. The Labute approximate surface area is 368 Å². The summed E-state index contributed by atoms with van der Waals surface area (Å²) in [6.07, 6.45) is 0. The van der Waals surface area contributed by atoms with Crippen LogP contribution in [-0.2, 0) is 10.8 Å². The van der Waals surface area contributed by atoms with Gasteiger partial charge in [0.05, 0.1) is 17.1 Å². The van der Waals surface area contributed by atoms with Crippen LogP contribution in [0.3, 0.4) is 0 Å². The largest absolute Gasteiger partial charge is 0.309 e. The average Bonchev–Trinajstić information content (AvgIpc) is 3.90. The van der Waals surface area contributed by atoms with Crippen molar-refractivity contribution in [2.45, 2.75) is 38.5 Å². The van der Waals surface area contributed by atoms with Gasteiger partial charge in [-0.1, -0.05) is 198 Å². The number of para-hydroxylation sites is 3. The molecule has 10 aromatic rings. The standard InChI is InChI=1S/C60H45NS/c1-59(2)49-31-12-6-24-46(49)56-42(26-18-32-50(56)59)39-21-7-13-33-51(39)61(52-34-14-8-22-40(52)43-27-19-37-55-57(43)47-25-10-16-36-54(47)62-55)53-35-15-9-23-41(53)45-29-17-28-44-38-20-5-11-30-48(38)60(3,4)58(44)45/h5-37H,1-4H3. The van der Waals surface area contributed by atoms with Gasteiger partial charge in [0.15, 0.2) is 0 Å². The van der Waals surface area contributed by atoms with E-state index < -0.39 is 0 Å². The summed E-state index contributed by atoms with van der Waals surface area (Å²) in [6.45, 7) is 9.54. The van der Waals surface area contributed by atoms with Crippen molar-refractivity contribution in [3.63, 3.8) is 0 Å². The molecule has 0 N–H and O–H groups in total. The second-order valence-electron chi connectivity index (χ2n) is 18.0. The molecule has 2 aliphatic carbocycles. The van der Waals surface area contributed by atoms with Crippen LogP contribution in [0.2, 0.25) is 0 Å². The van der Waals surface area contributed by atoms with E-state index in [0.717, 1.165) is 17.1 Å². The molecule has 0 atom stereocenters. The minimum absolute atomic E-state index is 0.115. The molecule has 12 rings (SSSR count). The number of hydrogen-bond donors (Lipinski definition) is 0. The highest BCUT2D eigenvalue weighted by molar-refractivity contribution is 7.25. The maximum atomic E-state index is 2.58. The Morgan fingerprint density at radius 2 is 0.742 bits per heavy atom. The molecule has 1 heterocycles. The van der Waals surface area contributed by atoms with Crippen molar-refractivity contribution in [1.29, 1.82) is 0 Å². The molecule has 2 heteroatoms. The molecule has 0 spiro atoms. The van der Waals surface area contributed by atoms with Crippen LogP contribution in [0.15, 0.2) is 200 Å². The molecule has 0 amide bonds. The molecule has 2 aliphatic rings. The highest BCUT2D eigenvalue weighted by Gasteiger charge is 2.39. The second-order valence-corrected chi connectivity index (χ2v) is 19.0. The molecule has 0 radical (unpaired) electrons. The lowest BCUT2D eigenvalue weighted by Gasteiger charge is -2.33. The SMILES string of the molecule is CC1(C)c2ccccc2-c2c(-c3ccccc3N(c3ccccc3-c3cccc4c3C(C)(C)c3ccccc3-4)c3ccccc3-c3cccc4sc5ccccc5c34)cccc21. The van der Waals surface area contributed by atoms with E-state index in [1.54, 1.807) is 0 Å². The third-order valence-corrected chi connectivity index (χ3v) is 15.0. The molecule has 0 bridgehead atoms. The van der Waals surface area contributed by atoms with Crippen LogP contribution < -0.4 is 4.90 Å². The number of nitrogens with zero attached hydrogens (tertiary/aromatic N) is 1. The highest BCUT2D eigenvalue weighted by atomic mass is 32.1. The first-order valence-electron chi connectivity index (χ1n) is 21.8. The second kappa shape index (κ2) is 13.8. The minimum Gasteiger partial charge on any atom is -0.309 e. The van der Waals surface area contributed by atoms with E-state index in [1.165, 1.54) is 98.1 Å². The lowest BCUT2D eigenvalue weighted by Crippen LogP contribution is -2.17. The highest BCUT2D eigenvalue weighted by Crippen LogP contribution is 2.57. The van der Waals surface area contributed by atoms with E-state index in [9.17, 15) is 0 Å². The Morgan fingerprint density at radius 1 is 0.323 bits per heavy atom. The topological polar surface area (TPSA) is 3.24 Å². The third kappa shape index (κ3) is 5.26. The Hall–Kier alpha value is -7.00. The van der Waals surface area contributed by atoms with Crippen molar-refractivity contribution in [2.75, 3.05) is 4.90 Å². The minimum atomic E-state index is -0.184. The number of hydrogen-bond acceptors (Lipinski definition) is 2. The number of rotatable bonds is 6. The zero-order chi connectivity index (χ0) is 41.7. The molecule has 0 saturated heterocycles. The summed E-state index contributed by atoms with van der Waals surface area (Å²) in [5.41, 5.74) is 21.3. The molecule has 1 aromatic heterocycles. The van der Waals surface area contributed by atoms with E-state index in [2.05, 4.69) is 233 Å². The van der Waals surface area contributed by atoms with Gasteiger partial charge in [0.1, 0.15) is 0 Å². The van der Waals surface area contributed by atoms with Crippen molar-refractivity contribution in [3.05, 3.63) is 222 Å². The fourth-order valence-corrected chi connectivity index (χ4v) is 12.3. The van der Waals surface area contributed by atoms with Crippen molar-refractivity contribution < 1.29 is 0 Å². The predicted molar refractivity (Wildman–Crippen MR) is 265 cm³/mol. The zero-order valence-electron chi connectivity index (χ0n) is 35.4. The van der Waals surface area contributed by atoms with Crippen LogP contribution in [0.5, 0.6) is 0 Å². The predicted octanol–water partition coefficient (Wildman–Crippen LogP) is 17.1. The fourth-order valence-electron chi connectivity index (χ4n) is 11.1. The summed E-state index contributed by atoms with van der Waals surface area (Å²) in [5, 5.41) is 2.61.